The first kappa shape index (κ1) is 8.58. The van der Waals surface area contributed by atoms with Gasteiger partial charge in [0.25, 0.3) is 0 Å². The van der Waals surface area contributed by atoms with Crippen LogP contribution in [0.3, 0.4) is 0 Å². The molecule has 0 radical (unpaired) electrons. The molecular formula is C12H6N4O. The first-order chi connectivity index (χ1) is 8.42. The standard InChI is InChI=1S/C12H6N4O/c1-2-4-8-7(3-1)15-11-10-9(5-13-6-14-10)17-12(11)16-8/h1-6H. The van der Waals surface area contributed by atoms with E-state index in [9.17, 15) is 0 Å². The normalized spacial score (nSPS) is 11.5. The van der Waals surface area contributed by atoms with E-state index in [1.165, 1.54) is 6.33 Å². The topological polar surface area (TPSA) is 64.7 Å². The van der Waals surface area contributed by atoms with Crippen LogP contribution in [0.2, 0.25) is 0 Å². The summed E-state index contributed by atoms with van der Waals surface area (Å²) in [5.74, 6) is 0. The molecule has 0 saturated heterocycles. The molecule has 3 heterocycles. The largest absolute Gasteiger partial charge is 0.433 e. The number of hydrogen-bond acceptors (Lipinski definition) is 5. The Bertz CT molecular complexity index is 847. The first-order valence-electron chi connectivity index (χ1n) is 5.17. The van der Waals surface area contributed by atoms with E-state index in [4.69, 9.17) is 4.42 Å². The maximum absolute atomic E-state index is 5.56. The zero-order valence-electron chi connectivity index (χ0n) is 8.66. The molecule has 0 saturated carbocycles. The third kappa shape index (κ3) is 1.13. The summed E-state index contributed by atoms with van der Waals surface area (Å²) >= 11 is 0. The van der Waals surface area contributed by atoms with Crippen molar-refractivity contribution >= 4 is 33.4 Å². The van der Waals surface area contributed by atoms with E-state index in [2.05, 4.69) is 19.9 Å². The molecule has 17 heavy (non-hydrogen) atoms. The lowest BCUT2D eigenvalue weighted by Gasteiger charge is -1.94. The molecule has 0 atom stereocenters. The van der Waals surface area contributed by atoms with Crippen LogP contribution < -0.4 is 0 Å². The van der Waals surface area contributed by atoms with E-state index in [1.807, 2.05) is 24.3 Å². The van der Waals surface area contributed by atoms with Crippen LogP contribution in [-0.2, 0) is 0 Å². The minimum Gasteiger partial charge on any atom is -0.433 e. The van der Waals surface area contributed by atoms with Crippen molar-refractivity contribution in [3.63, 3.8) is 0 Å². The molecule has 0 aliphatic carbocycles. The van der Waals surface area contributed by atoms with Gasteiger partial charge >= 0.3 is 0 Å². The fourth-order valence-electron chi connectivity index (χ4n) is 1.88. The second-order valence-electron chi connectivity index (χ2n) is 3.70. The highest BCUT2D eigenvalue weighted by molar-refractivity contribution is 6.00. The fraction of sp³-hybridized carbons (Fsp3) is 0. The molecule has 3 aromatic heterocycles. The highest BCUT2D eigenvalue weighted by atomic mass is 16.3. The van der Waals surface area contributed by atoms with Crippen molar-refractivity contribution in [2.45, 2.75) is 0 Å². The molecule has 0 bridgehead atoms. The van der Waals surface area contributed by atoms with Gasteiger partial charge in [-0.15, -0.1) is 0 Å². The van der Waals surface area contributed by atoms with Crippen LogP contribution in [0, 0.1) is 0 Å². The third-order valence-corrected chi connectivity index (χ3v) is 2.65. The summed E-state index contributed by atoms with van der Waals surface area (Å²) in [6.07, 6.45) is 3.10. The molecule has 0 amide bonds. The van der Waals surface area contributed by atoms with Crippen LogP contribution in [-0.4, -0.2) is 19.9 Å². The van der Waals surface area contributed by atoms with Gasteiger partial charge in [-0.05, 0) is 12.1 Å². The summed E-state index contributed by atoms with van der Waals surface area (Å²) in [4.78, 5) is 17.0. The van der Waals surface area contributed by atoms with Crippen LogP contribution in [0.1, 0.15) is 0 Å². The average Bonchev–Trinajstić information content (AvgIpc) is 2.73. The number of para-hydroxylation sites is 2. The SMILES string of the molecule is c1ccc2nc3c(nc2c1)oc1cncnc13. The molecule has 0 N–H and O–H groups in total. The Morgan fingerprint density at radius 1 is 0.941 bits per heavy atom. The third-order valence-electron chi connectivity index (χ3n) is 2.65. The Labute approximate surface area is 95.1 Å². The minimum atomic E-state index is 0.499. The van der Waals surface area contributed by atoms with E-state index in [0.717, 1.165) is 11.0 Å². The lowest BCUT2D eigenvalue weighted by Crippen LogP contribution is -1.84. The highest BCUT2D eigenvalue weighted by Gasteiger charge is 2.11. The molecular weight excluding hydrogens is 216 g/mol. The van der Waals surface area contributed by atoms with Gasteiger partial charge in [0.1, 0.15) is 11.8 Å². The monoisotopic (exact) mass is 222 g/mol. The molecule has 0 aliphatic rings. The molecule has 5 heteroatoms. The van der Waals surface area contributed by atoms with Crippen LogP contribution >= 0.6 is 0 Å². The van der Waals surface area contributed by atoms with Crippen molar-refractivity contribution in [2.24, 2.45) is 0 Å². The maximum atomic E-state index is 5.56. The average molecular weight is 222 g/mol. The van der Waals surface area contributed by atoms with Gasteiger partial charge in [0, 0.05) is 0 Å². The van der Waals surface area contributed by atoms with Crippen molar-refractivity contribution < 1.29 is 4.42 Å². The van der Waals surface area contributed by atoms with Gasteiger partial charge in [-0.3, -0.25) is 0 Å². The van der Waals surface area contributed by atoms with E-state index in [-0.39, 0.29) is 0 Å². The maximum Gasteiger partial charge on any atom is 0.248 e. The van der Waals surface area contributed by atoms with Crippen molar-refractivity contribution in [1.29, 1.82) is 0 Å². The summed E-state index contributed by atoms with van der Waals surface area (Å²) in [6, 6.07) is 7.67. The smallest absolute Gasteiger partial charge is 0.248 e. The number of benzene rings is 1. The minimum absolute atomic E-state index is 0.499. The lowest BCUT2D eigenvalue weighted by atomic mass is 10.3. The van der Waals surface area contributed by atoms with Gasteiger partial charge in [0.05, 0.1) is 17.2 Å². The number of hydrogen-bond donors (Lipinski definition) is 0. The molecule has 80 valence electrons. The zero-order chi connectivity index (χ0) is 11.2. The van der Waals surface area contributed by atoms with E-state index in [0.29, 0.717) is 22.3 Å². The fourth-order valence-corrected chi connectivity index (χ4v) is 1.88. The van der Waals surface area contributed by atoms with Crippen molar-refractivity contribution in [1.82, 2.24) is 19.9 Å². The molecule has 1 aromatic carbocycles. The van der Waals surface area contributed by atoms with E-state index >= 15 is 0 Å². The number of aromatic nitrogens is 4. The number of furan rings is 1. The van der Waals surface area contributed by atoms with Crippen molar-refractivity contribution in [2.75, 3.05) is 0 Å². The van der Waals surface area contributed by atoms with Gasteiger partial charge in [0.2, 0.25) is 5.71 Å². The summed E-state index contributed by atoms with van der Waals surface area (Å²) in [7, 11) is 0. The van der Waals surface area contributed by atoms with Gasteiger partial charge in [0.15, 0.2) is 11.1 Å². The van der Waals surface area contributed by atoms with Crippen molar-refractivity contribution in [3.05, 3.63) is 36.8 Å². The van der Waals surface area contributed by atoms with Crippen LogP contribution in [0.15, 0.2) is 41.2 Å². The van der Waals surface area contributed by atoms with Crippen LogP contribution in [0.5, 0.6) is 0 Å². The molecule has 0 aliphatic heterocycles. The number of nitrogens with zero attached hydrogens (tertiary/aromatic N) is 4. The predicted molar refractivity (Wildman–Crippen MR) is 62.4 cm³/mol. The van der Waals surface area contributed by atoms with Crippen molar-refractivity contribution in [3.8, 4) is 0 Å². The zero-order valence-corrected chi connectivity index (χ0v) is 8.66. The summed E-state index contributed by atoms with van der Waals surface area (Å²) in [5, 5.41) is 0. The number of fused-ring (bicyclic) bond motifs is 4. The summed E-state index contributed by atoms with van der Waals surface area (Å²) in [6.45, 7) is 0. The second-order valence-corrected chi connectivity index (χ2v) is 3.70. The molecule has 0 unspecified atom stereocenters. The second kappa shape index (κ2) is 2.98. The van der Waals surface area contributed by atoms with Crippen LogP contribution in [0.4, 0.5) is 0 Å². The van der Waals surface area contributed by atoms with Crippen LogP contribution in [0.25, 0.3) is 33.4 Å². The molecule has 0 spiro atoms. The summed E-state index contributed by atoms with van der Waals surface area (Å²) in [5.41, 5.74) is 4.14. The Morgan fingerprint density at radius 3 is 2.65 bits per heavy atom. The first-order valence-corrected chi connectivity index (χ1v) is 5.17. The van der Waals surface area contributed by atoms with Gasteiger partial charge < -0.3 is 4.42 Å². The molecule has 0 fully saturated rings. The Balaban J connectivity index is 2.28. The summed E-state index contributed by atoms with van der Waals surface area (Å²) < 4.78 is 5.56. The Morgan fingerprint density at radius 2 is 1.76 bits per heavy atom. The van der Waals surface area contributed by atoms with E-state index in [1.54, 1.807) is 6.20 Å². The highest BCUT2D eigenvalue weighted by Crippen LogP contribution is 2.24. The predicted octanol–water partition coefficient (Wildman–Crippen LogP) is 2.32. The van der Waals surface area contributed by atoms with Gasteiger partial charge in [-0.1, -0.05) is 12.1 Å². The Hall–Kier alpha value is -2.56. The van der Waals surface area contributed by atoms with E-state index < -0.39 is 0 Å². The quantitative estimate of drug-likeness (QED) is 0.456. The molecule has 4 rings (SSSR count). The van der Waals surface area contributed by atoms with Gasteiger partial charge in [-0.2, -0.15) is 0 Å². The Kier molecular flexibility index (Phi) is 1.50. The molecule has 4 aromatic rings. The lowest BCUT2D eigenvalue weighted by molar-refractivity contribution is 0.652. The van der Waals surface area contributed by atoms with Gasteiger partial charge in [-0.25, -0.2) is 19.9 Å². The molecule has 5 nitrogen and oxygen atoms in total. The number of rotatable bonds is 0.